The Hall–Kier alpha value is 0.170. The van der Waals surface area contributed by atoms with Crippen LogP contribution in [0.25, 0.3) is 0 Å². The van der Waals surface area contributed by atoms with Gasteiger partial charge in [-0.25, -0.2) is 0 Å². The van der Waals surface area contributed by atoms with E-state index < -0.39 is 0 Å². The van der Waals surface area contributed by atoms with E-state index in [1.807, 2.05) is 0 Å². The highest BCUT2D eigenvalue weighted by Gasteiger charge is 1.99. The van der Waals surface area contributed by atoms with E-state index in [0.717, 1.165) is 5.66 Å². The Morgan fingerprint density at radius 3 is 2.67 bits per heavy atom. The minimum atomic E-state index is 0.782. The molecule has 1 aliphatic carbocycles. The van der Waals surface area contributed by atoms with E-state index in [4.69, 9.17) is 0 Å². The van der Waals surface area contributed by atoms with E-state index in [0.29, 0.717) is 0 Å². The second kappa shape index (κ2) is 1.75. The van der Waals surface area contributed by atoms with Crippen LogP contribution in [0.5, 0.6) is 0 Å². The maximum Gasteiger partial charge on any atom is -0.00828 e. The minimum Gasteiger partial charge on any atom is -0.130 e. The monoisotopic (exact) mass is 100 g/mol. The van der Waals surface area contributed by atoms with Gasteiger partial charge in [0.25, 0.3) is 0 Å². The summed E-state index contributed by atoms with van der Waals surface area (Å²) in [5.74, 6) is 0. The predicted octanol–water partition coefficient (Wildman–Crippen LogP) is 1.58. The van der Waals surface area contributed by atoms with Gasteiger partial charge in [0, 0.05) is 0 Å². The summed E-state index contributed by atoms with van der Waals surface area (Å²) in [5.41, 5.74) is 0.782. The fourth-order valence-corrected chi connectivity index (χ4v) is 1.01. The van der Waals surface area contributed by atoms with Crippen LogP contribution in [0.15, 0.2) is 12.2 Å². The SMILES string of the molecule is PC1C=CCC1. The van der Waals surface area contributed by atoms with Gasteiger partial charge in [0.1, 0.15) is 0 Å². The van der Waals surface area contributed by atoms with Crippen molar-refractivity contribution >= 4 is 9.24 Å². The van der Waals surface area contributed by atoms with E-state index in [2.05, 4.69) is 21.4 Å². The first-order valence-corrected chi connectivity index (χ1v) is 2.98. The Balaban J connectivity index is 2.38. The molecular formula is C5H9P. The van der Waals surface area contributed by atoms with Crippen LogP contribution in [-0.4, -0.2) is 5.66 Å². The van der Waals surface area contributed by atoms with Crippen LogP contribution >= 0.6 is 9.24 Å². The quantitative estimate of drug-likeness (QED) is 0.320. The van der Waals surface area contributed by atoms with Crippen LogP contribution in [0.2, 0.25) is 0 Å². The van der Waals surface area contributed by atoms with Crippen LogP contribution < -0.4 is 0 Å². The van der Waals surface area contributed by atoms with Gasteiger partial charge in [0.2, 0.25) is 0 Å². The van der Waals surface area contributed by atoms with Crippen molar-refractivity contribution < 1.29 is 0 Å². The molecular weight excluding hydrogens is 91.0 g/mol. The van der Waals surface area contributed by atoms with Crippen molar-refractivity contribution in [2.24, 2.45) is 0 Å². The van der Waals surface area contributed by atoms with Crippen molar-refractivity contribution in [3.05, 3.63) is 12.2 Å². The van der Waals surface area contributed by atoms with Crippen LogP contribution in [0.4, 0.5) is 0 Å². The van der Waals surface area contributed by atoms with Crippen LogP contribution in [0.3, 0.4) is 0 Å². The Kier molecular flexibility index (Phi) is 1.26. The molecule has 0 saturated heterocycles. The molecule has 0 aromatic heterocycles. The topological polar surface area (TPSA) is 0 Å². The maximum absolute atomic E-state index is 2.79. The van der Waals surface area contributed by atoms with E-state index in [1.54, 1.807) is 0 Å². The molecule has 0 aliphatic heterocycles. The summed E-state index contributed by atoms with van der Waals surface area (Å²) < 4.78 is 0. The molecule has 1 aliphatic rings. The van der Waals surface area contributed by atoms with Crippen LogP contribution in [0, 0.1) is 0 Å². The molecule has 1 heteroatoms. The van der Waals surface area contributed by atoms with Gasteiger partial charge in [-0.2, -0.15) is 0 Å². The lowest BCUT2D eigenvalue weighted by Crippen LogP contribution is -1.80. The molecule has 0 N–H and O–H groups in total. The zero-order valence-electron chi connectivity index (χ0n) is 3.72. The second-order valence-electron chi connectivity index (χ2n) is 1.67. The van der Waals surface area contributed by atoms with E-state index in [1.165, 1.54) is 12.8 Å². The smallest absolute Gasteiger partial charge is 0.00828 e. The lowest BCUT2D eigenvalue weighted by molar-refractivity contribution is 0.945. The summed E-state index contributed by atoms with van der Waals surface area (Å²) in [6.45, 7) is 0. The average Bonchev–Trinajstić information content (AvgIpc) is 1.86. The number of hydrogen-bond donors (Lipinski definition) is 0. The first-order chi connectivity index (χ1) is 2.89. The Labute approximate surface area is 40.8 Å². The van der Waals surface area contributed by atoms with Gasteiger partial charge in [-0.15, -0.1) is 9.24 Å². The normalized spacial score (nSPS) is 31.8. The van der Waals surface area contributed by atoms with Crippen molar-refractivity contribution in [2.75, 3.05) is 0 Å². The zero-order valence-corrected chi connectivity index (χ0v) is 4.88. The molecule has 0 nitrogen and oxygen atoms in total. The third-order valence-corrected chi connectivity index (χ3v) is 1.61. The highest BCUT2D eigenvalue weighted by Crippen LogP contribution is 2.16. The van der Waals surface area contributed by atoms with Crippen molar-refractivity contribution in [1.29, 1.82) is 0 Å². The molecule has 2 atom stereocenters. The summed E-state index contributed by atoms with van der Waals surface area (Å²) in [6, 6.07) is 0. The molecule has 0 fully saturated rings. The lowest BCUT2D eigenvalue weighted by atomic mass is 10.4. The summed E-state index contributed by atoms with van der Waals surface area (Å²) in [4.78, 5) is 0. The summed E-state index contributed by atoms with van der Waals surface area (Å²) in [7, 11) is 2.79. The number of hydrogen-bond acceptors (Lipinski definition) is 0. The van der Waals surface area contributed by atoms with Crippen LogP contribution in [0.1, 0.15) is 12.8 Å². The largest absolute Gasteiger partial charge is 0.130 e. The van der Waals surface area contributed by atoms with Crippen LogP contribution in [-0.2, 0) is 0 Å². The molecule has 0 spiro atoms. The molecule has 0 amide bonds. The molecule has 1 rings (SSSR count). The van der Waals surface area contributed by atoms with Crippen molar-refractivity contribution in [2.45, 2.75) is 18.5 Å². The lowest BCUT2D eigenvalue weighted by Gasteiger charge is -1.89. The van der Waals surface area contributed by atoms with Crippen molar-refractivity contribution in [3.8, 4) is 0 Å². The highest BCUT2D eigenvalue weighted by atomic mass is 31.0. The van der Waals surface area contributed by atoms with Gasteiger partial charge in [0.05, 0.1) is 0 Å². The fraction of sp³-hybridized carbons (Fsp3) is 0.600. The molecule has 0 heterocycles. The molecule has 6 heavy (non-hydrogen) atoms. The molecule has 0 saturated carbocycles. The molecule has 0 aromatic carbocycles. The molecule has 2 unspecified atom stereocenters. The van der Waals surface area contributed by atoms with E-state index in [9.17, 15) is 0 Å². The molecule has 34 valence electrons. The summed E-state index contributed by atoms with van der Waals surface area (Å²) in [5, 5.41) is 0. The third-order valence-electron chi connectivity index (χ3n) is 1.05. The highest BCUT2D eigenvalue weighted by molar-refractivity contribution is 7.17. The first-order valence-electron chi connectivity index (χ1n) is 2.32. The number of rotatable bonds is 0. The Morgan fingerprint density at radius 2 is 2.50 bits per heavy atom. The van der Waals surface area contributed by atoms with Gasteiger partial charge in [0.15, 0.2) is 0 Å². The van der Waals surface area contributed by atoms with Gasteiger partial charge >= 0.3 is 0 Å². The molecule has 0 bridgehead atoms. The first kappa shape index (κ1) is 4.33. The average molecular weight is 100 g/mol. The van der Waals surface area contributed by atoms with Crippen molar-refractivity contribution in [1.82, 2.24) is 0 Å². The van der Waals surface area contributed by atoms with Gasteiger partial charge < -0.3 is 0 Å². The van der Waals surface area contributed by atoms with Gasteiger partial charge in [-0.1, -0.05) is 12.2 Å². The zero-order chi connectivity index (χ0) is 4.41. The second-order valence-corrected chi connectivity index (χ2v) is 2.53. The number of allylic oxidation sites excluding steroid dienone is 2. The summed E-state index contributed by atoms with van der Waals surface area (Å²) >= 11 is 0. The van der Waals surface area contributed by atoms with Crippen molar-refractivity contribution in [3.63, 3.8) is 0 Å². The Morgan fingerprint density at radius 1 is 1.67 bits per heavy atom. The maximum atomic E-state index is 2.79. The fourth-order valence-electron chi connectivity index (χ4n) is 0.656. The summed E-state index contributed by atoms with van der Waals surface area (Å²) in [6.07, 6.45) is 7.10. The molecule has 0 radical (unpaired) electrons. The van der Waals surface area contributed by atoms with E-state index in [-0.39, 0.29) is 0 Å². The standard InChI is InChI=1S/C5H9P/c6-5-3-1-2-4-5/h1,3,5H,2,4,6H2. The predicted molar refractivity (Wildman–Crippen MR) is 31.9 cm³/mol. The molecule has 0 aromatic rings. The van der Waals surface area contributed by atoms with Gasteiger partial charge in [-0.3, -0.25) is 0 Å². The third kappa shape index (κ3) is 0.815. The van der Waals surface area contributed by atoms with Gasteiger partial charge in [-0.05, 0) is 18.5 Å². The Bertz CT molecular complexity index is 66.3. The minimum absolute atomic E-state index is 0.782. The van der Waals surface area contributed by atoms with E-state index >= 15 is 0 Å².